The van der Waals surface area contributed by atoms with Crippen LogP contribution in [0.15, 0.2) is 54.6 Å². The molecule has 1 aromatic heterocycles. The number of halogens is 3. The molecule has 2 unspecified atom stereocenters. The van der Waals surface area contributed by atoms with E-state index >= 15 is 0 Å². The lowest BCUT2D eigenvalue weighted by atomic mass is 10.1. The highest BCUT2D eigenvalue weighted by atomic mass is 35.5. The Kier molecular flexibility index (Phi) is 13.6. The second kappa shape index (κ2) is 16.9. The van der Waals surface area contributed by atoms with Crippen molar-refractivity contribution < 1.29 is 24.5 Å². The van der Waals surface area contributed by atoms with Gasteiger partial charge in [-0.2, -0.15) is 0 Å². The molecule has 1 amide bonds. The number of hydrogen-bond donors (Lipinski definition) is 3. The number of phenolic OH excluding ortho intramolecular Hbond substituents is 1. The van der Waals surface area contributed by atoms with E-state index in [9.17, 15) is 14.7 Å². The van der Waals surface area contributed by atoms with E-state index in [0.29, 0.717) is 48.9 Å². The van der Waals surface area contributed by atoms with Crippen LogP contribution in [0.5, 0.6) is 11.5 Å². The summed E-state index contributed by atoms with van der Waals surface area (Å²) >= 11 is 0. The molecule has 0 aliphatic carbocycles. The number of nitrogens with zero attached hydrogens (tertiary/aromatic N) is 6. The summed E-state index contributed by atoms with van der Waals surface area (Å²) in [6.45, 7) is 5.65. The fourth-order valence-electron chi connectivity index (χ4n) is 6.61. The molecule has 2 atom stereocenters. The summed E-state index contributed by atoms with van der Waals surface area (Å²) < 4.78 is 6.16. The third-order valence-electron chi connectivity index (χ3n) is 8.87. The number of carboxylic acid groups (broad SMARTS) is 1. The number of nitrogens with two attached hydrogens (primary N) is 1. The van der Waals surface area contributed by atoms with Crippen LogP contribution in [0.3, 0.4) is 0 Å². The Labute approximate surface area is 293 Å². The minimum atomic E-state index is -0.944. The average Bonchev–Trinajstić information content (AvgIpc) is 3.30. The van der Waals surface area contributed by atoms with Crippen LogP contribution in [-0.4, -0.2) is 107 Å². The number of para-hydroxylation sites is 1. The summed E-state index contributed by atoms with van der Waals surface area (Å²) in [6, 6.07) is 18.0. The molecule has 12 nitrogen and oxygen atoms in total. The van der Waals surface area contributed by atoms with E-state index in [1.165, 1.54) is 0 Å². The van der Waals surface area contributed by atoms with Crippen LogP contribution in [0.2, 0.25) is 0 Å². The smallest absolute Gasteiger partial charge is 0.303 e. The number of piperazine rings is 2. The minimum absolute atomic E-state index is 0. The number of aromatic hydroxyl groups is 1. The summed E-state index contributed by atoms with van der Waals surface area (Å²) in [6.07, 6.45) is 2.10. The largest absolute Gasteiger partial charge is 0.507 e. The molecular formula is C32H42Cl3N7O5. The van der Waals surface area contributed by atoms with Crippen molar-refractivity contribution in [2.24, 2.45) is 0 Å². The maximum atomic E-state index is 12.2. The lowest BCUT2D eigenvalue weighted by Crippen LogP contribution is -2.54. The third-order valence-corrected chi connectivity index (χ3v) is 8.87. The van der Waals surface area contributed by atoms with Gasteiger partial charge in [0, 0.05) is 81.6 Å². The van der Waals surface area contributed by atoms with Crippen LogP contribution in [0.4, 0.5) is 17.2 Å². The zero-order chi connectivity index (χ0) is 30.6. The van der Waals surface area contributed by atoms with Crippen molar-refractivity contribution in [2.45, 2.75) is 37.8 Å². The number of ether oxygens (including phenoxy) is 1. The number of phenols is 1. The van der Waals surface area contributed by atoms with E-state index in [1.54, 1.807) is 17.0 Å². The number of aromatic nitrogens is 2. The standard InChI is InChI=1S/C32H39N7O5.3ClH/c33-32-28(19-27(34-35-32)26-6-1-2-7-29(26)40)38-20-23-8-9-24(21-38)39(23)22-4-3-5-25(18-22)44-17-16-36-12-14-37(15-13-36)30(41)10-11-31(42)43;;;/h1-7,18-19,23-24,40H,8-17,20-21H2,(H2,33,35)(H,42,43);3*1H. The van der Waals surface area contributed by atoms with Gasteiger partial charge in [-0.1, -0.05) is 18.2 Å². The molecule has 3 aliphatic heterocycles. The zero-order valence-corrected chi connectivity index (χ0v) is 28.4. The van der Waals surface area contributed by atoms with Crippen LogP contribution >= 0.6 is 37.2 Å². The number of rotatable bonds is 10. The number of nitrogen functional groups attached to an aromatic ring is 1. The first-order chi connectivity index (χ1) is 21.4. The Morgan fingerprint density at radius 3 is 2.28 bits per heavy atom. The van der Waals surface area contributed by atoms with Crippen molar-refractivity contribution in [3.8, 4) is 22.8 Å². The minimum Gasteiger partial charge on any atom is -0.507 e. The van der Waals surface area contributed by atoms with Crippen LogP contribution in [-0.2, 0) is 9.59 Å². The Hall–Kier alpha value is -3.71. The monoisotopic (exact) mass is 709 g/mol. The molecule has 256 valence electrons. The lowest BCUT2D eigenvalue weighted by Gasteiger charge is -2.43. The van der Waals surface area contributed by atoms with Gasteiger partial charge in [-0.25, -0.2) is 0 Å². The van der Waals surface area contributed by atoms with Gasteiger partial charge in [0.1, 0.15) is 18.1 Å². The van der Waals surface area contributed by atoms with Gasteiger partial charge in [0.25, 0.3) is 0 Å². The second-order valence-electron chi connectivity index (χ2n) is 11.7. The molecule has 3 fully saturated rings. The Bertz CT molecular complexity index is 1500. The molecular weight excluding hydrogens is 669 g/mol. The number of aliphatic carboxylic acids is 1. The first-order valence-corrected chi connectivity index (χ1v) is 15.3. The van der Waals surface area contributed by atoms with E-state index in [4.69, 9.17) is 15.6 Å². The summed E-state index contributed by atoms with van der Waals surface area (Å²) in [5.41, 5.74) is 9.53. The van der Waals surface area contributed by atoms with Crippen LogP contribution < -0.4 is 20.3 Å². The Morgan fingerprint density at radius 2 is 1.60 bits per heavy atom. The fraction of sp³-hybridized carbons (Fsp3) is 0.438. The summed E-state index contributed by atoms with van der Waals surface area (Å²) in [4.78, 5) is 31.8. The molecule has 3 aliphatic rings. The van der Waals surface area contributed by atoms with Crippen molar-refractivity contribution in [3.05, 3.63) is 54.6 Å². The molecule has 4 heterocycles. The topological polar surface area (TPSA) is 149 Å². The van der Waals surface area contributed by atoms with Crippen LogP contribution in [0.1, 0.15) is 25.7 Å². The van der Waals surface area contributed by atoms with E-state index in [-0.39, 0.29) is 61.7 Å². The number of fused-ring (bicyclic) bond motifs is 2. The van der Waals surface area contributed by atoms with E-state index in [1.807, 2.05) is 30.3 Å². The molecule has 15 heteroatoms. The molecule has 4 N–H and O–H groups in total. The first-order valence-electron chi connectivity index (χ1n) is 15.3. The molecule has 47 heavy (non-hydrogen) atoms. The van der Waals surface area contributed by atoms with Gasteiger partial charge in [-0.05, 0) is 43.2 Å². The maximum absolute atomic E-state index is 12.2. The van der Waals surface area contributed by atoms with Crippen LogP contribution in [0, 0.1) is 0 Å². The van der Waals surface area contributed by atoms with E-state index in [0.717, 1.165) is 62.7 Å². The third kappa shape index (κ3) is 8.81. The highest BCUT2D eigenvalue weighted by molar-refractivity contribution is 5.86. The summed E-state index contributed by atoms with van der Waals surface area (Å²) in [7, 11) is 0. The van der Waals surface area contributed by atoms with Gasteiger partial charge in [0.2, 0.25) is 5.91 Å². The highest BCUT2D eigenvalue weighted by Gasteiger charge is 2.41. The second-order valence-corrected chi connectivity index (χ2v) is 11.7. The summed E-state index contributed by atoms with van der Waals surface area (Å²) in [5, 5.41) is 27.6. The molecule has 2 bridgehead atoms. The molecule has 0 spiro atoms. The van der Waals surface area contributed by atoms with Gasteiger partial charge in [-0.3, -0.25) is 14.5 Å². The van der Waals surface area contributed by atoms with Crippen molar-refractivity contribution >= 4 is 66.3 Å². The van der Waals surface area contributed by atoms with E-state index in [2.05, 4.69) is 37.0 Å². The molecule has 3 aromatic rings. The van der Waals surface area contributed by atoms with Gasteiger partial charge >= 0.3 is 5.97 Å². The zero-order valence-electron chi connectivity index (χ0n) is 25.9. The van der Waals surface area contributed by atoms with Gasteiger partial charge < -0.3 is 35.4 Å². The number of carbonyl (C=O) groups excluding carboxylic acids is 1. The van der Waals surface area contributed by atoms with Crippen LogP contribution in [0.25, 0.3) is 11.3 Å². The SMILES string of the molecule is Cl.Cl.Cl.Nc1nnc(-c2ccccc2O)cc1N1CC2CCC(C1)N2c1cccc(OCCN2CCN(C(=O)CCC(=O)O)CC2)c1. The first kappa shape index (κ1) is 37.7. The molecule has 2 aromatic carbocycles. The van der Waals surface area contributed by atoms with Crippen molar-refractivity contribution in [1.82, 2.24) is 20.0 Å². The van der Waals surface area contributed by atoms with E-state index < -0.39 is 5.97 Å². The molecule has 0 radical (unpaired) electrons. The quantitative estimate of drug-likeness (QED) is 0.281. The van der Waals surface area contributed by atoms with Gasteiger partial charge in [-0.15, -0.1) is 47.4 Å². The number of hydrogen-bond acceptors (Lipinski definition) is 10. The number of carboxylic acids is 1. The lowest BCUT2D eigenvalue weighted by molar-refractivity contribution is -0.141. The highest BCUT2D eigenvalue weighted by Crippen LogP contribution is 2.39. The molecule has 3 saturated heterocycles. The van der Waals surface area contributed by atoms with Crippen molar-refractivity contribution in [3.63, 3.8) is 0 Å². The Balaban J connectivity index is 0.00000200. The number of anilines is 3. The summed E-state index contributed by atoms with van der Waals surface area (Å²) in [5.74, 6) is 0.350. The molecule has 6 rings (SSSR count). The number of amides is 1. The van der Waals surface area contributed by atoms with Crippen molar-refractivity contribution in [1.29, 1.82) is 0 Å². The predicted octanol–water partition coefficient (Wildman–Crippen LogP) is 3.94. The maximum Gasteiger partial charge on any atom is 0.303 e. The average molecular weight is 711 g/mol. The fourth-order valence-corrected chi connectivity index (χ4v) is 6.61. The van der Waals surface area contributed by atoms with Gasteiger partial charge in [0.15, 0.2) is 5.82 Å². The number of carbonyl (C=O) groups is 2. The molecule has 0 saturated carbocycles. The normalized spacial score (nSPS) is 18.9. The van der Waals surface area contributed by atoms with Crippen molar-refractivity contribution in [2.75, 3.05) is 68.0 Å². The predicted molar refractivity (Wildman–Crippen MR) is 189 cm³/mol. The van der Waals surface area contributed by atoms with Gasteiger partial charge in [0.05, 0.1) is 17.8 Å². The number of benzene rings is 2. The Morgan fingerprint density at radius 1 is 0.894 bits per heavy atom.